The molecule has 0 spiro atoms. The third-order valence-electron chi connectivity index (χ3n) is 2.23. The summed E-state index contributed by atoms with van der Waals surface area (Å²) in [6.07, 6.45) is 0. The zero-order valence-electron chi connectivity index (χ0n) is 10.5. The summed E-state index contributed by atoms with van der Waals surface area (Å²) < 4.78 is 9.19. The summed E-state index contributed by atoms with van der Waals surface area (Å²) in [6, 6.07) is 6.03. The maximum atomic E-state index is 11.7. The van der Waals surface area contributed by atoms with Gasteiger partial charge in [0.1, 0.15) is 5.57 Å². The number of carbonyl (C=O) groups is 2. The van der Waals surface area contributed by atoms with Crippen molar-refractivity contribution in [3.8, 4) is 0 Å². The molecular weight excluding hydrogens is 272 g/mol. The summed E-state index contributed by atoms with van der Waals surface area (Å²) in [5.41, 5.74) is 0.0411. The average Bonchev–Trinajstić information content (AvgIpc) is 2.41. The van der Waals surface area contributed by atoms with E-state index >= 15 is 0 Å². The third kappa shape index (κ3) is 3.72. The van der Waals surface area contributed by atoms with E-state index in [1.165, 1.54) is 24.3 Å². The molecule has 0 heterocycles. The smallest absolute Gasteiger partial charge is 0.374 e. The van der Waals surface area contributed by atoms with Gasteiger partial charge in [0.2, 0.25) is 5.76 Å². The maximum Gasteiger partial charge on any atom is 0.374 e. The summed E-state index contributed by atoms with van der Waals surface area (Å²) >= 11 is 5.74. The second-order valence-corrected chi connectivity index (χ2v) is 3.88. The summed E-state index contributed by atoms with van der Waals surface area (Å²) in [4.78, 5) is 23.1. The van der Waals surface area contributed by atoms with Crippen molar-refractivity contribution in [3.05, 3.63) is 40.6 Å². The Bertz CT molecular complexity index is 504. The molecule has 0 aliphatic heterocycles. The fourth-order valence-corrected chi connectivity index (χ4v) is 1.50. The van der Waals surface area contributed by atoms with E-state index in [0.29, 0.717) is 10.6 Å². The minimum atomic E-state index is -0.988. The van der Waals surface area contributed by atoms with Crippen LogP contribution in [0.4, 0.5) is 0 Å². The molecule has 102 valence electrons. The number of rotatable bonds is 4. The Morgan fingerprint density at radius 1 is 1.21 bits per heavy atom. The second-order valence-electron chi connectivity index (χ2n) is 3.44. The first-order valence-electron chi connectivity index (χ1n) is 5.45. The molecule has 5 nitrogen and oxygen atoms in total. The number of halogens is 1. The van der Waals surface area contributed by atoms with E-state index in [1.54, 1.807) is 6.92 Å². The molecule has 1 aromatic rings. The van der Waals surface area contributed by atoms with Gasteiger partial charge in [0, 0.05) is 5.02 Å². The molecule has 1 aromatic carbocycles. The van der Waals surface area contributed by atoms with Gasteiger partial charge in [-0.15, -0.1) is 0 Å². The van der Waals surface area contributed by atoms with Crippen molar-refractivity contribution < 1.29 is 24.2 Å². The summed E-state index contributed by atoms with van der Waals surface area (Å²) in [5.74, 6) is -2.62. The van der Waals surface area contributed by atoms with Gasteiger partial charge in [-0.1, -0.05) is 23.7 Å². The Morgan fingerprint density at radius 3 is 2.26 bits per heavy atom. The van der Waals surface area contributed by atoms with E-state index in [9.17, 15) is 14.7 Å². The molecule has 6 heteroatoms. The van der Waals surface area contributed by atoms with Crippen LogP contribution in [0.1, 0.15) is 12.5 Å². The molecule has 1 N–H and O–H groups in total. The van der Waals surface area contributed by atoms with Gasteiger partial charge in [-0.3, -0.25) is 0 Å². The predicted octanol–water partition coefficient (Wildman–Crippen LogP) is 2.35. The molecule has 19 heavy (non-hydrogen) atoms. The van der Waals surface area contributed by atoms with Crippen molar-refractivity contribution in [1.82, 2.24) is 0 Å². The molecule has 0 fully saturated rings. The lowest BCUT2D eigenvalue weighted by atomic mass is 10.0. The molecule has 0 amide bonds. The van der Waals surface area contributed by atoms with Gasteiger partial charge in [0.15, 0.2) is 0 Å². The maximum absolute atomic E-state index is 11.7. The van der Waals surface area contributed by atoms with E-state index in [-0.39, 0.29) is 12.2 Å². The number of hydrogen-bond acceptors (Lipinski definition) is 5. The largest absolute Gasteiger partial charge is 0.501 e. The molecular formula is C13H13ClO5. The van der Waals surface area contributed by atoms with E-state index in [2.05, 4.69) is 9.47 Å². The second kappa shape index (κ2) is 6.80. The number of carbonyl (C=O) groups excluding carboxylic acids is 2. The quantitative estimate of drug-likeness (QED) is 0.522. The zero-order chi connectivity index (χ0) is 14.4. The van der Waals surface area contributed by atoms with Crippen LogP contribution in [-0.4, -0.2) is 30.8 Å². The topological polar surface area (TPSA) is 72.8 Å². The highest BCUT2D eigenvalue weighted by Gasteiger charge is 2.23. The Morgan fingerprint density at radius 2 is 1.79 bits per heavy atom. The number of ether oxygens (including phenoxy) is 2. The monoisotopic (exact) mass is 284 g/mol. The zero-order valence-corrected chi connectivity index (χ0v) is 11.2. The summed E-state index contributed by atoms with van der Waals surface area (Å²) in [5, 5.41) is 10.3. The van der Waals surface area contributed by atoms with Crippen LogP contribution >= 0.6 is 11.6 Å². The lowest BCUT2D eigenvalue weighted by molar-refractivity contribution is -0.142. The lowest BCUT2D eigenvalue weighted by Gasteiger charge is -2.09. The summed E-state index contributed by atoms with van der Waals surface area (Å²) in [6.45, 7) is 1.67. The molecule has 0 aliphatic rings. The molecule has 0 aromatic heterocycles. The van der Waals surface area contributed by atoms with Crippen LogP contribution in [0.25, 0.3) is 5.57 Å². The van der Waals surface area contributed by atoms with Gasteiger partial charge in [-0.2, -0.15) is 0 Å². The molecule has 0 aliphatic carbocycles. The van der Waals surface area contributed by atoms with Crippen LogP contribution in [0.5, 0.6) is 0 Å². The fourth-order valence-electron chi connectivity index (χ4n) is 1.37. The van der Waals surface area contributed by atoms with E-state index < -0.39 is 17.7 Å². The van der Waals surface area contributed by atoms with Crippen molar-refractivity contribution in [2.45, 2.75) is 6.92 Å². The number of methoxy groups -OCH3 is 1. The number of benzene rings is 1. The highest BCUT2D eigenvalue weighted by molar-refractivity contribution is 6.30. The minimum Gasteiger partial charge on any atom is -0.501 e. The van der Waals surface area contributed by atoms with Crippen molar-refractivity contribution in [1.29, 1.82) is 0 Å². The highest BCUT2D eigenvalue weighted by atomic mass is 35.5. The normalized spacial score (nSPS) is 11.5. The standard InChI is InChI=1S/C13H13ClO5/c1-3-19-13(17)11(15)10(12(16)18-2)8-4-6-9(14)7-5-8/h4-7,15H,3H2,1-2H3/b11-10-. The molecule has 0 unspecified atom stereocenters. The molecule has 0 bridgehead atoms. The first-order valence-corrected chi connectivity index (χ1v) is 5.83. The van der Waals surface area contributed by atoms with Gasteiger partial charge in [-0.05, 0) is 24.6 Å². The van der Waals surface area contributed by atoms with Crippen molar-refractivity contribution >= 4 is 29.1 Å². The SMILES string of the molecule is CCOC(=O)/C(O)=C(/C(=O)OC)c1ccc(Cl)cc1. The van der Waals surface area contributed by atoms with Crippen LogP contribution < -0.4 is 0 Å². The van der Waals surface area contributed by atoms with Crippen LogP contribution in [0.2, 0.25) is 5.02 Å². The van der Waals surface area contributed by atoms with E-state index in [1.807, 2.05) is 0 Å². The molecule has 0 saturated heterocycles. The van der Waals surface area contributed by atoms with E-state index in [0.717, 1.165) is 7.11 Å². The Kier molecular flexibility index (Phi) is 5.38. The minimum absolute atomic E-state index is 0.0813. The van der Waals surface area contributed by atoms with Crippen LogP contribution in [-0.2, 0) is 19.1 Å². The molecule has 0 radical (unpaired) electrons. The van der Waals surface area contributed by atoms with Crippen LogP contribution in [0.15, 0.2) is 30.0 Å². The van der Waals surface area contributed by atoms with Gasteiger partial charge in [0.05, 0.1) is 13.7 Å². The fraction of sp³-hybridized carbons (Fsp3) is 0.231. The number of aliphatic hydroxyl groups is 1. The van der Waals surface area contributed by atoms with Crippen LogP contribution in [0.3, 0.4) is 0 Å². The number of aliphatic hydroxyl groups excluding tert-OH is 1. The lowest BCUT2D eigenvalue weighted by Crippen LogP contribution is -2.14. The van der Waals surface area contributed by atoms with E-state index in [4.69, 9.17) is 11.6 Å². The first-order chi connectivity index (χ1) is 9.01. The average molecular weight is 285 g/mol. The Hall–Kier alpha value is -2.01. The van der Waals surface area contributed by atoms with Crippen LogP contribution in [0, 0.1) is 0 Å². The molecule has 0 atom stereocenters. The number of hydrogen-bond donors (Lipinski definition) is 1. The van der Waals surface area contributed by atoms with Gasteiger partial charge < -0.3 is 14.6 Å². The molecule has 0 saturated carbocycles. The molecule has 1 rings (SSSR count). The van der Waals surface area contributed by atoms with Crippen molar-refractivity contribution in [2.75, 3.05) is 13.7 Å². The Balaban J connectivity index is 3.29. The van der Waals surface area contributed by atoms with Crippen molar-refractivity contribution in [3.63, 3.8) is 0 Å². The Labute approximate surface area is 115 Å². The van der Waals surface area contributed by atoms with Crippen molar-refractivity contribution in [2.24, 2.45) is 0 Å². The third-order valence-corrected chi connectivity index (χ3v) is 2.48. The van der Waals surface area contributed by atoms with Gasteiger partial charge in [0.25, 0.3) is 0 Å². The summed E-state index contributed by atoms with van der Waals surface area (Å²) in [7, 11) is 1.15. The first kappa shape index (κ1) is 15.0. The highest BCUT2D eigenvalue weighted by Crippen LogP contribution is 2.22. The number of esters is 2. The predicted molar refractivity (Wildman–Crippen MR) is 69.6 cm³/mol. The van der Waals surface area contributed by atoms with Gasteiger partial charge in [-0.25, -0.2) is 9.59 Å². The van der Waals surface area contributed by atoms with Gasteiger partial charge >= 0.3 is 11.9 Å².